The third-order valence-electron chi connectivity index (χ3n) is 2.36. The van der Waals surface area contributed by atoms with Crippen molar-refractivity contribution in [2.24, 2.45) is 5.92 Å². The number of halogens is 1. The zero-order valence-corrected chi connectivity index (χ0v) is 11.0. The molecule has 1 aromatic rings. The molecule has 0 aliphatic rings. The molecule has 1 atom stereocenters. The molecule has 0 aliphatic heterocycles. The molecule has 0 heterocycles. The topological polar surface area (TPSA) is 18.5 Å². The number of hydrogen-bond donors (Lipinski definition) is 0. The number of methoxy groups -OCH3 is 1. The van der Waals surface area contributed by atoms with Crippen molar-refractivity contribution in [2.45, 2.75) is 20.3 Å². The molecular weight excluding hydrogens is 256 g/mol. The summed E-state index contributed by atoms with van der Waals surface area (Å²) in [6.07, 6.45) is 1.13. The van der Waals surface area contributed by atoms with Gasteiger partial charge in [-0.3, -0.25) is 0 Å². The molecule has 0 N–H and O–H groups in total. The van der Waals surface area contributed by atoms with Crippen LogP contribution in [0, 0.1) is 5.92 Å². The van der Waals surface area contributed by atoms with Crippen LogP contribution in [0.4, 0.5) is 0 Å². The number of ether oxygens (including phenoxy) is 2. The molecular formula is C12H17BrO2. The maximum atomic E-state index is 5.69. The molecule has 0 spiro atoms. The van der Waals surface area contributed by atoms with E-state index in [2.05, 4.69) is 29.8 Å². The second-order valence-electron chi connectivity index (χ2n) is 3.62. The summed E-state index contributed by atoms with van der Waals surface area (Å²) in [6, 6.07) is 5.73. The van der Waals surface area contributed by atoms with Crippen molar-refractivity contribution in [1.82, 2.24) is 0 Å². The van der Waals surface area contributed by atoms with Crippen LogP contribution in [-0.2, 0) is 0 Å². The van der Waals surface area contributed by atoms with Gasteiger partial charge in [0.1, 0.15) is 11.5 Å². The van der Waals surface area contributed by atoms with Gasteiger partial charge in [-0.2, -0.15) is 0 Å². The summed E-state index contributed by atoms with van der Waals surface area (Å²) in [4.78, 5) is 0. The smallest absolute Gasteiger partial charge is 0.133 e. The molecule has 1 unspecified atom stereocenters. The minimum Gasteiger partial charge on any atom is -0.497 e. The summed E-state index contributed by atoms with van der Waals surface area (Å²) in [5.74, 6) is 2.29. The molecule has 1 aromatic carbocycles. The van der Waals surface area contributed by atoms with Gasteiger partial charge < -0.3 is 9.47 Å². The van der Waals surface area contributed by atoms with Crippen molar-refractivity contribution < 1.29 is 9.47 Å². The van der Waals surface area contributed by atoms with Crippen LogP contribution in [0.5, 0.6) is 11.5 Å². The van der Waals surface area contributed by atoms with Gasteiger partial charge in [0.05, 0.1) is 18.2 Å². The predicted octanol–water partition coefficient (Wildman–Crippen LogP) is 3.88. The lowest BCUT2D eigenvalue weighted by Gasteiger charge is -2.12. The van der Waals surface area contributed by atoms with E-state index < -0.39 is 0 Å². The van der Waals surface area contributed by atoms with Gasteiger partial charge in [-0.15, -0.1) is 0 Å². The van der Waals surface area contributed by atoms with E-state index >= 15 is 0 Å². The van der Waals surface area contributed by atoms with Crippen molar-refractivity contribution in [2.75, 3.05) is 13.7 Å². The second-order valence-corrected chi connectivity index (χ2v) is 4.48. The minimum absolute atomic E-state index is 0.582. The minimum atomic E-state index is 0.582. The molecule has 15 heavy (non-hydrogen) atoms. The van der Waals surface area contributed by atoms with Crippen molar-refractivity contribution in [3.05, 3.63) is 22.7 Å². The highest BCUT2D eigenvalue weighted by atomic mass is 79.9. The van der Waals surface area contributed by atoms with E-state index in [-0.39, 0.29) is 0 Å². The summed E-state index contributed by atoms with van der Waals surface area (Å²) < 4.78 is 11.7. The molecule has 0 bridgehead atoms. The molecule has 0 aliphatic carbocycles. The van der Waals surface area contributed by atoms with Gasteiger partial charge in [0.2, 0.25) is 0 Å². The summed E-state index contributed by atoms with van der Waals surface area (Å²) in [5, 5.41) is 0. The summed E-state index contributed by atoms with van der Waals surface area (Å²) >= 11 is 3.45. The van der Waals surface area contributed by atoms with Crippen LogP contribution in [0.2, 0.25) is 0 Å². The zero-order chi connectivity index (χ0) is 11.3. The van der Waals surface area contributed by atoms with E-state index in [0.29, 0.717) is 5.92 Å². The van der Waals surface area contributed by atoms with Gasteiger partial charge in [0.25, 0.3) is 0 Å². The van der Waals surface area contributed by atoms with Crippen molar-refractivity contribution in [3.63, 3.8) is 0 Å². The Balaban J connectivity index is 2.62. The Kier molecular flexibility index (Phi) is 4.95. The van der Waals surface area contributed by atoms with Crippen LogP contribution in [0.25, 0.3) is 0 Å². The van der Waals surface area contributed by atoms with Crippen LogP contribution >= 0.6 is 15.9 Å². The third-order valence-corrected chi connectivity index (χ3v) is 2.98. The summed E-state index contributed by atoms with van der Waals surface area (Å²) in [6.45, 7) is 5.09. The molecule has 3 heteroatoms. The van der Waals surface area contributed by atoms with E-state index in [1.165, 1.54) is 0 Å². The first kappa shape index (κ1) is 12.4. The molecule has 2 nitrogen and oxygen atoms in total. The number of rotatable bonds is 5. The highest BCUT2D eigenvalue weighted by Gasteiger charge is 2.05. The number of hydrogen-bond acceptors (Lipinski definition) is 2. The van der Waals surface area contributed by atoms with Gasteiger partial charge in [-0.1, -0.05) is 20.3 Å². The maximum Gasteiger partial charge on any atom is 0.133 e. The second kappa shape index (κ2) is 6.01. The molecule has 0 fully saturated rings. The Morgan fingerprint density at radius 2 is 2.13 bits per heavy atom. The Labute approximate surface area is 99.7 Å². The monoisotopic (exact) mass is 272 g/mol. The van der Waals surface area contributed by atoms with Gasteiger partial charge in [0, 0.05) is 0 Å². The summed E-state index contributed by atoms with van der Waals surface area (Å²) in [7, 11) is 1.65. The standard InChI is InChI=1S/C12H17BrO2/c1-4-9(2)8-15-12-6-5-10(14-3)7-11(12)13/h5-7,9H,4,8H2,1-3H3. The van der Waals surface area contributed by atoms with Crippen molar-refractivity contribution in [3.8, 4) is 11.5 Å². The highest BCUT2D eigenvalue weighted by molar-refractivity contribution is 9.10. The first-order valence-electron chi connectivity index (χ1n) is 5.13. The van der Waals surface area contributed by atoms with Crippen LogP contribution in [0.1, 0.15) is 20.3 Å². The largest absolute Gasteiger partial charge is 0.497 e. The van der Waals surface area contributed by atoms with Crippen molar-refractivity contribution >= 4 is 15.9 Å². The maximum absolute atomic E-state index is 5.69. The highest BCUT2D eigenvalue weighted by Crippen LogP contribution is 2.29. The predicted molar refractivity (Wildman–Crippen MR) is 65.6 cm³/mol. The Bertz CT molecular complexity index is 312. The van der Waals surface area contributed by atoms with Crippen LogP contribution in [-0.4, -0.2) is 13.7 Å². The molecule has 0 saturated carbocycles. The van der Waals surface area contributed by atoms with Gasteiger partial charge in [-0.25, -0.2) is 0 Å². The first-order valence-corrected chi connectivity index (χ1v) is 5.93. The summed E-state index contributed by atoms with van der Waals surface area (Å²) in [5.41, 5.74) is 0. The SMILES string of the molecule is CCC(C)COc1ccc(OC)cc1Br. The molecule has 0 saturated heterocycles. The Morgan fingerprint density at radius 3 is 2.67 bits per heavy atom. The third kappa shape index (κ3) is 3.74. The van der Waals surface area contributed by atoms with E-state index in [1.54, 1.807) is 7.11 Å². The molecule has 0 radical (unpaired) electrons. The van der Waals surface area contributed by atoms with Crippen LogP contribution in [0.3, 0.4) is 0 Å². The van der Waals surface area contributed by atoms with Gasteiger partial charge in [-0.05, 0) is 40.0 Å². The Hall–Kier alpha value is -0.700. The quantitative estimate of drug-likeness (QED) is 0.810. The fourth-order valence-electron chi connectivity index (χ4n) is 1.08. The van der Waals surface area contributed by atoms with Gasteiger partial charge in [0.15, 0.2) is 0 Å². The average Bonchev–Trinajstić information content (AvgIpc) is 2.26. The van der Waals surface area contributed by atoms with E-state index in [4.69, 9.17) is 9.47 Å². The lowest BCUT2D eigenvalue weighted by atomic mass is 10.1. The Morgan fingerprint density at radius 1 is 1.40 bits per heavy atom. The molecule has 1 rings (SSSR count). The van der Waals surface area contributed by atoms with E-state index in [0.717, 1.165) is 29.0 Å². The van der Waals surface area contributed by atoms with Gasteiger partial charge >= 0.3 is 0 Å². The zero-order valence-electron chi connectivity index (χ0n) is 9.42. The van der Waals surface area contributed by atoms with Crippen LogP contribution < -0.4 is 9.47 Å². The molecule has 0 amide bonds. The molecule has 84 valence electrons. The average molecular weight is 273 g/mol. The lowest BCUT2D eigenvalue weighted by molar-refractivity contribution is 0.255. The van der Waals surface area contributed by atoms with E-state index in [1.807, 2.05) is 18.2 Å². The fraction of sp³-hybridized carbons (Fsp3) is 0.500. The lowest BCUT2D eigenvalue weighted by Crippen LogP contribution is -2.07. The number of benzene rings is 1. The fourth-order valence-corrected chi connectivity index (χ4v) is 1.55. The first-order chi connectivity index (χ1) is 7.17. The van der Waals surface area contributed by atoms with Crippen LogP contribution in [0.15, 0.2) is 22.7 Å². The normalized spacial score (nSPS) is 12.3. The van der Waals surface area contributed by atoms with E-state index in [9.17, 15) is 0 Å². The van der Waals surface area contributed by atoms with Crippen molar-refractivity contribution in [1.29, 1.82) is 0 Å². The molecule has 0 aromatic heterocycles.